The lowest BCUT2D eigenvalue weighted by atomic mass is 9.76. The van der Waals surface area contributed by atoms with E-state index in [1.807, 2.05) is 0 Å². The fraction of sp³-hybridized carbons (Fsp3) is 0.696. The molecule has 0 aliphatic carbocycles. The van der Waals surface area contributed by atoms with Gasteiger partial charge in [-0.3, -0.25) is 9.69 Å². The van der Waals surface area contributed by atoms with Crippen LogP contribution in [0.2, 0.25) is 18.1 Å². The first-order valence-electron chi connectivity index (χ1n) is 10.5. The molecule has 0 unspecified atom stereocenters. The van der Waals surface area contributed by atoms with Gasteiger partial charge in [-0.05, 0) is 50.5 Å². The molecule has 0 spiro atoms. The van der Waals surface area contributed by atoms with Crippen molar-refractivity contribution in [3.63, 3.8) is 0 Å². The van der Waals surface area contributed by atoms with Crippen LogP contribution in [-0.4, -0.2) is 51.5 Å². The van der Waals surface area contributed by atoms with Gasteiger partial charge < -0.3 is 9.16 Å². The molecule has 2 aliphatic rings. The Bertz CT molecular complexity index is 710. The molecule has 0 amide bonds. The Hall–Kier alpha value is -1.17. The largest absolute Gasteiger partial charge is 0.469 e. The van der Waals surface area contributed by atoms with E-state index >= 15 is 0 Å². The fourth-order valence-corrected chi connectivity index (χ4v) is 6.12. The van der Waals surface area contributed by atoms with E-state index < -0.39 is 8.32 Å². The average Bonchev–Trinajstić information content (AvgIpc) is 2.79. The van der Waals surface area contributed by atoms with Crippen molar-refractivity contribution in [2.45, 2.75) is 82.8 Å². The number of piperidine rings is 1. The molecule has 0 saturated carbocycles. The van der Waals surface area contributed by atoms with Gasteiger partial charge in [0.15, 0.2) is 8.32 Å². The topological polar surface area (TPSA) is 38.8 Å². The van der Waals surface area contributed by atoms with Gasteiger partial charge in [0.05, 0.1) is 19.1 Å². The van der Waals surface area contributed by atoms with Gasteiger partial charge >= 0.3 is 5.97 Å². The number of hydrogen-bond donors (Lipinski definition) is 0. The Balaban J connectivity index is 1.92. The first kappa shape index (κ1) is 21.5. The number of ether oxygens (including phenoxy) is 1. The third-order valence-corrected chi connectivity index (χ3v) is 12.0. The Morgan fingerprint density at radius 2 is 1.71 bits per heavy atom. The highest BCUT2D eigenvalue weighted by Crippen LogP contribution is 2.49. The van der Waals surface area contributed by atoms with Crippen LogP contribution in [0.3, 0.4) is 0 Å². The molecule has 3 rings (SSSR count). The number of aryl methyl sites for hydroxylation is 1. The van der Waals surface area contributed by atoms with Crippen LogP contribution in [0.15, 0.2) is 24.3 Å². The van der Waals surface area contributed by atoms with Crippen LogP contribution in [-0.2, 0) is 14.0 Å². The molecular formula is C23H37NO3Si. The summed E-state index contributed by atoms with van der Waals surface area (Å²) in [5, 5.41) is 0.181. The number of nitrogens with zero attached hydrogens (tertiary/aromatic N) is 1. The van der Waals surface area contributed by atoms with Gasteiger partial charge in [-0.1, -0.05) is 50.6 Å². The number of carbonyl (C=O) groups excluding carboxylic acids is 1. The zero-order valence-corrected chi connectivity index (χ0v) is 19.8. The predicted octanol–water partition coefficient (Wildman–Crippen LogP) is 4.73. The van der Waals surface area contributed by atoms with Gasteiger partial charge in [-0.15, -0.1) is 0 Å². The number of methoxy groups -OCH3 is 1. The van der Waals surface area contributed by atoms with Crippen LogP contribution >= 0.6 is 0 Å². The molecule has 2 saturated heterocycles. The molecule has 28 heavy (non-hydrogen) atoms. The summed E-state index contributed by atoms with van der Waals surface area (Å²) in [7, 11) is 1.80. The van der Waals surface area contributed by atoms with E-state index in [2.05, 4.69) is 77.0 Å². The number of rotatable bonds is 4. The molecule has 5 heteroatoms. The SMILES string of the molecule is COC(=O)[C@H]1[C@@H](c2ccc(C)cc2)C[C@@H]2[C@H](O[Si](C)(C)C(C)(C)C)C[C@H]1N2C. The molecule has 1 aromatic carbocycles. The molecule has 4 nitrogen and oxygen atoms in total. The number of likely N-dealkylation sites (N-methyl/N-ethyl adjacent to an activating group) is 1. The van der Waals surface area contributed by atoms with Gasteiger partial charge in [-0.25, -0.2) is 0 Å². The van der Waals surface area contributed by atoms with Crippen LogP contribution in [0.25, 0.3) is 0 Å². The summed E-state index contributed by atoms with van der Waals surface area (Å²) < 4.78 is 12.1. The lowest BCUT2D eigenvalue weighted by Crippen LogP contribution is -2.51. The molecule has 2 heterocycles. The van der Waals surface area contributed by atoms with Crippen molar-refractivity contribution in [3.05, 3.63) is 35.4 Å². The smallest absolute Gasteiger partial charge is 0.310 e. The van der Waals surface area contributed by atoms with Crippen LogP contribution < -0.4 is 0 Å². The molecule has 5 atom stereocenters. The van der Waals surface area contributed by atoms with Gasteiger partial charge in [0.25, 0.3) is 0 Å². The minimum atomic E-state index is -1.87. The van der Waals surface area contributed by atoms with E-state index in [4.69, 9.17) is 9.16 Å². The zero-order valence-electron chi connectivity index (χ0n) is 18.8. The van der Waals surface area contributed by atoms with Crippen molar-refractivity contribution >= 4 is 14.3 Å². The van der Waals surface area contributed by atoms with E-state index in [9.17, 15) is 4.79 Å². The summed E-state index contributed by atoms with van der Waals surface area (Å²) in [6.45, 7) is 13.6. The second-order valence-electron chi connectivity index (χ2n) is 10.3. The lowest BCUT2D eigenvalue weighted by Gasteiger charge is -2.43. The van der Waals surface area contributed by atoms with E-state index in [1.165, 1.54) is 18.2 Å². The van der Waals surface area contributed by atoms with Crippen molar-refractivity contribution in [1.29, 1.82) is 0 Å². The molecular weight excluding hydrogens is 366 g/mol. The normalized spacial score (nSPS) is 31.1. The Kier molecular flexibility index (Phi) is 5.83. The van der Waals surface area contributed by atoms with E-state index in [0.29, 0.717) is 6.04 Å². The molecule has 0 radical (unpaired) electrons. The number of hydrogen-bond acceptors (Lipinski definition) is 4. The third kappa shape index (κ3) is 3.81. The molecule has 2 bridgehead atoms. The number of fused-ring (bicyclic) bond motifs is 2. The summed E-state index contributed by atoms with van der Waals surface area (Å²) in [6, 6.07) is 9.19. The van der Waals surface area contributed by atoms with Crippen molar-refractivity contribution < 1.29 is 14.0 Å². The van der Waals surface area contributed by atoms with Crippen molar-refractivity contribution in [1.82, 2.24) is 4.90 Å². The fourth-order valence-electron chi connectivity index (χ4n) is 4.76. The molecule has 2 fully saturated rings. The third-order valence-electron chi connectivity index (χ3n) is 7.52. The Morgan fingerprint density at radius 1 is 1.11 bits per heavy atom. The van der Waals surface area contributed by atoms with E-state index in [-0.39, 0.29) is 35.0 Å². The number of carbonyl (C=O) groups is 1. The summed E-state index contributed by atoms with van der Waals surface area (Å²) in [5.74, 6) is -0.0388. The molecule has 156 valence electrons. The summed E-state index contributed by atoms with van der Waals surface area (Å²) >= 11 is 0. The van der Waals surface area contributed by atoms with Gasteiger partial charge in [0.1, 0.15) is 0 Å². The number of esters is 1. The Morgan fingerprint density at radius 3 is 2.25 bits per heavy atom. The second kappa shape index (κ2) is 7.58. The van der Waals surface area contributed by atoms with Crippen molar-refractivity contribution in [3.8, 4) is 0 Å². The second-order valence-corrected chi connectivity index (χ2v) is 15.0. The van der Waals surface area contributed by atoms with Crippen LogP contribution in [0.1, 0.15) is 50.7 Å². The van der Waals surface area contributed by atoms with Gasteiger partial charge in [0, 0.05) is 18.0 Å². The predicted molar refractivity (Wildman–Crippen MR) is 116 cm³/mol. The minimum Gasteiger partial charge on any atom is -0.469 e. The van der Waals surface area contributed by atoms with Crippen molar-refractivity contribution in [2.75, 3.05) is 14.2 Å². The molecule has 0 aromatic heterocycles. The molecule has 0 N–H and O–H groups in total. The highest BCUT2D eigenvalue weighted by Gasteiger charge is 2.55. The average molecular weight is 404 g/mol. The summed E-state index contributed by atoms with van der Waals surface area (Å²) in [5.41, 5.74) is 2.49. The summed E-state index contributed by atoms with van der Waals surface area (Å²) in [6.07, 6.45) is 2.05. The van der Waals surface area contributed by atoms with Gasteiger partial charge in [0.2, 0.25) is 0 Å². The monoisotopic (exact) mass is 403 g/mol. The van der Waals surface area contributed by atoms with E-state index in [1.54, 1.807) is 0 Å². The van der Waals surface area contributed by atoms with Crippen molar-refractivity contribution in [2.24, 2.45) is 5.92 Å². The lowest BCUT2D eigenvalue weighted by molar-refractivity contribution is -0.150. The summed E-state index contributed by atoms with van der Waals surface area (Å²) in [4.78, 5) is 15.2. The highest BCUT2D eigenvalue weighted by atomic mass is 28.4. The maximum absolute atomic E-state index is 12.8. The molecule has 2 aliphatic heterocycles. The van der Waals surface area contributed by atoms with Crippen LogP contribution in [0.4, 0.5) is 0 Å². The van der Waals surface area contributed by atoms with Crippen LogP contribution in [0.5, 0.6) is 0 Å². The quantitative estimate of drug-likeness (QED) is 0.538. The number of benzene rings is 1. The standard InChI is InChI=1S/C23H37NO3Si/c1-15-9-11-16(12-10-15)17-13-18-20(27-28(7,8)23(2,3)4)14-19(24(18)5)21(17)22(25)26-6/h9-12,17-21H,13-14H2,1-8H3/t17-,18-,19-,20-,21+/m1/s1. The van der Waals surface area contributed by atoms with E-state index in [0.717, 1.165) is 12.8 Å². The first-order valence-corrected chi connectivity index (χ1v) is 13.4. The highest BCUT2D eigenvalue weighted by molar-refractivity contribution is 6.74. The minimum absolute atomic E-state index is 0.0890. The maximum atomic E-state index is 12.8. The zero-order chi connectivity index (χ0) is 20.9. The Labute approximate surface area is 171 Å². The van der Waals surface area contributed by atoms with Gasteiger partial charge in [-0.2, -0.15) is 0 Å². The molecule has 1 aromatic rings. The van der Waals surface area contributed by atoms with Crippen LogP contribution in [0, 0.1) is 12.8 Å². The maximum Gasteiger partial charge on any atom is 0.310 e. The first-order chi connectivity index (χ1) is 13.0.